The lowest BCUT2D eigenvalue weighted by Gasteiger charge is -2.07. The molecule has 3 rings (SSSR count). The summed E-state index contributed by atoms with van der Waals surface area (Å²) in [6.07, 6.45) is 4.30. The fourth-order valence-electron chi connectivity index (χ4n) is 2.10. The van der Waals surface area contributed by atoms with Crippen molar-refractivity contribution in [1.82, 2.24) is 4.98 Å². The van der Waals surface area contributed by atoms with E-state index in [0.717, 1.165) is 26.8 Å². The molecule has 0 saturated carbocycles. The van der Waals surface area contributed by atoms with Gasteiger partial charge in [-0.05, 0) is 46.1 Å². The standard InChI is InChI=1S/C15H13BrN2O/c16-12-5-1-4-11-8-14(19-15(11)12)13(17)7-10-3-2-6-18-9-10/h1-6,8-9,13H,7,17H2. The smallest absolute Gasteiger partial charge is 0.148 e. The van der Waals surface area contributed by atoms with Gasteiger partial charge in [0.25, 0.3) is 0 Å². The average molecular weight is 317 g/mol. The number of furan rings is 1. The van der Waals surface area contributed by atoms with E-state index in [-0.39, 0.29) is 6.04 Å². The first-order chi connectivity index (χ1) is 9.24. The highest BCUT2D eigenvalue weighted by atomic mass is 79.9. The molecule has 4 heteroatoms. The second-order valence-electron chi connectivity index (χ2n) is 4.48. The van der Waals surface area contributed by atoms with Gasteiger partial charge in [-0.25, -0.2) is 0 Å². The molecule has 1 atom stereocenters. The molecule has 0 fully saturated rings. The Bertz CT molecular complexity index is 694. The lowest BCUT2D eigenvalue weighted by Crippen LogP contribution is -2.12. The molecule has 3 aromatic rings. The van der Waals surface area contributed by atoms with Gasteiger partial charge >= 0.3 is 0 Å². The summed E-state index contributed by atoms with van der Waals surface area (Å²) in [5.74, 6) is 0.797. The van der Waals surface area contributed by atoms with Crippen LogP contribution in [0.4, 0.5) is 0 Å². The van der Waals surface area contributed by atoms with Gasteiger partial charge in [0.15, 0.2) is 0 Å². The molecule has 1 unspecified atom stereocenters. The number of pyridine rings is 1. The fraction of sp³-hybridized carbons (Fsp3) is 0.133. The lowest BCUT2D eigenvalue weighted by atomic mass is 10.1. The van der Waals surface area contributed by atoms with Gasteiger partial charge in [-0.1, -0.05) is 18.2 Å². The Morgan fingerprint density at radius 3 is 2.89 bits per heavy atom. The van der Waals surface area contributed by atoms with Crippen molar-refractivity contribution < 1.29 is 4.42 Å². The summed E-state index contributed by atoms with van der Waals surface area (Å²) in [5.41, 5.74) is 8.16. The van der Waals surface area contributed by atoms with E-state index in [1.54, 1.807) is 6.20 Å². The number of halogens is 1. The van der Waals surface area contributed by atoms with Crippen molar-refractivity contribution >= 4 is 26.9 Å². The zero-order valence-corrected chi connectivity index (χ0v) is 11.8. The maximum Gasteiger partial charge on any atom is 0.148 e. The minimum Gasteiger partial charge on any atom is -0.458 e. The molecule has 19 heavy (non-hydrogen) atoms. The molecule has 3 nitrogen and oxygen atoms in total. The van der Waals surface area contributed by atoms with E-state index >= 15 is 0 Å². The number of hydrogen-bond acceptors (Lipinski definition) is 3. The zero-order valence-electron chi connectivity index (χ0n) is 10.2. The van der Waals surface area contributed by atoms with E-state index in [2.05, 4.69) is 20.9 Å². The molecule has 0 aliphatic heterocycles. The highest BCUT2D eigenvalue weighted by molar-refractivity contribution is 9.10. The molecule has 2 heterocycles. The van der Waals surface area contributed by atoms with E-state index in [1.807, 2.05) is 42.6 Å². The predicted molar refractivity (Wildman–Crippen MR) is 78.8 cm³/mol. The third-order valence-electron chi connectivity index (χ3n) is 3.06. The van der Waals surface area contributed by atoms with Gasteiger partial charge in [0.05, 0.1) is 10.5 Å². The van der Waals surface area contributed by atoms with Crippen LogP contribution in [0.3, 0.4) is 0 Å². The molecular weight excluding hydrogens is 304 g/mol. The van der Waals surface area contributed by atoms with Crippen LogP contribution in [0.5, 0.6) is 0 Å². The number of benzene rings is 1. The summed E-state index contributed by atoms with van der Waals surface area (Å²) in [5, 5.41) is 1.06. The molecule has 0 aliphatic carbocycles. The van der Waals surface area contributed by atoms with Gasteiger partial charge in [0.1, 0.15) is 11.3 Å². The first kappa shape index (κ1) is 12.4. The zero-order chi connectivity index (χ0) is 13.2. The van der Waals surface area contributed by atoms with Crippen molar-refractivity contribution in [2.24, 2.45) is 5.73 Å². The second-order valence-corrected chi connectivity index (χ2v) is 5.33. The normalized spacial score (nSPS) is 12.7. The van der Waals surface area contributed by atoms with E-state index in [9.17, 15) is 0 Å². The largest absolute Gasteiger partial charge is 0.458 e. The molecule has 0 bridgehead atoms. The van der Waals surface area contributed by atoms with Crippen LogP contribution in [0.2, 0.25) is 0 Å². The minimum absolute atomic E-state index is 0.163. The Morgan fingerprint density at radius 1 is 1.26 bits per heavy atom. The van der Waals surface area contributed by atoms with Gasteiger partial charge in [-0.3, -0.25) is 4.98 Å². The molecule has 96 valence electrons. The number of nitrogens with two attached hydrogens (primary N) is 1. The maximum atomic E-state index is 6.20. The number of aromatic nitrogens is 1. The lowest BCUT2D eigenvalue weighted by molar-refractivity contribution is 0.493. The predicted octanol–water partition coefficient (Wildman–Crippen LogP) is 3.83. The van der Waals surface area contributed by atoms with Crippen LogP contribution >= 0.6 is 15.9 Å². The van der Waals surface area contributed by atoms with Gasteiger partial charge in [0.2, 0.25) is 0 Å². The Balaban J connectivity index is 1.89. The van der Waals surface area contributed by atoms with Crippen LogP contribution in [0.25, 0.3) is 11.0 Å². The molecule has 0 aliphatic rings. The van der Waals surface area contributed by atoms with E-state index < -0.39 is 0 Å². The highest BCUT2D eigenvalue weighted by Crippen LogP contribution is 2.29. The summed E-state index contributed by atoms with van der Waals surface area (Å²) >= 11 is 3.48. The van der Waals surface area contributed by atoms with Crippen LogP contribution < -0.4 is 5.73 Å². The Kier molecular flexibility index (Phi) is 3.36. The van der Waals surface area contributed by atoms with Gasteiger partial charge < -0.3 is 10.2 Å². The SMILES string of the molecule is NC(Cc1cccnc1)c1cc2cccc(Br)c2o1. The molecule has 2 aromatic heterocycles. The Labute approximate surface area is 119 Å². The number of fused-ring (bicyclic) bond motifs is 1. The average Bonchev–Trinajstić information content (AvgIpc) is 2.85. The van der Waals surface area contributed by atoms with Crippen molar-refractivity contribution in [3.05, 3.63) is 64.6 Å². The second kappa shape index (κ2) is 5.15. The van der Waals surface area contributed by atoms with Crippen LogP contribution in [0.1, 0.15) is 17.4 Å². The van der Waals surface area contributed by atoms with Crippen LogP contribution in [-0.2, 0) is 6.42 Å². The number of para-hydroxylation sites is 1. The Hall–Kier alpha value is -1.65. The molecular formula is C15H13BrN2O. The summed E-state index contributed by atoms with van der Waals surface area (Å²) in [6.45, 7) is 0. The van der Waals surface area contributed by atoms with Crippen molar-refractivity contribution in [3.63, 3.8) is 0 Å². The first-order valence-corrected chi connectivity index (χ1v) is 6.86. The van der Waals surface area contributed by atoms with Crippen LogP contribution in [0, 0.1) is 0 Å². The topological polar surface area (TPSA) is 52.0 Å². The minimum atomic E-state index is -0.163. The first-order valence-electron chi connectivity index (χ1n) is 6.06. The molecule has 0 amide bonds. The highest BCUT2D eigenvalue weighted by Gasteiger charge is 2.14. The van der Waals surface area contributed by atoms with Crippen LogP contribution in [0.15, 0.2) is 57.7 Å². The third kappa shape index (κ3) is 2.55. The summed E-state index contributed by atoms with van der Waals surface area (Å²) < 4.78 is 6.79. The third-order valence-corrected chi connectivity index (χ3v) is 3.68. The molecule has 2 N–H and O–H groups in total. The Morgan fingerprint density at radius 2 is 2.16 bits per heavy atom. The van der Waals surface area contributed by atoms with E-state index in [1.165, 1.54) is 0 Å². The summed E-state index contributed by atoms with van der Waals surface area (Å²) in [7, 11) is 0. The molecule has 0 radical (unpaired) electrons. The molecule has 0 saturated heterocycles. The number of rotatable bonds is 3. The molecule has 0 spiro atoms. The van der Waals surface area contributed by atoms with Gasteiger partial charge in [-0.15, -0.1) is 0 Å². The summed E-state index contributed by atoms with van der Waals surface area (Å²) in [4.78, 5) is 4.09. The van der Waals surface area contributed by atoms with Gasteiger partial charge in [0, 0.05) is 17.8 Å². The van der Waals surface area contributed by atoms with Crippen molar-refractivity contribution in [1.29, 1.82) is 0 Å². The maximum absolute atomic E-state index is 6.20. The number of nitrogens with zero attached hydrogens (tertiary/aromatic N) is 1. The number of hydrogen-bond donors (Lipinski definition) is 1. The molecule has 1 aromatic carbocycles. The van der Waals surface area contributed by atoms with Crippen molar-refractivity contribution in [3.8, 4) is 0 Å². The quantitative estimate of drug-likeness (QED) is 0.798. The van der Waals surface area contributed by atoms with E-state index in [0.29, 0.717) is 6.42 Å². The van der Waals surface area contributed by atoms with Crippen molar-refractivity contribution in [2.45, 2.75) is 12.5 Å². The monoisotopic (exact) mass is 316 g/mol. The summed E-state index contributed by atoms with van der Waals surface area (Å²) in [6, 6.07) is 11.7. The van der Waals surface area contributed by atoms with Gasteiger partial charge in [-0.2, -0.15) is 0 Å². The van der Waals surface area contributed by atoms with Crippen LogP contribution in [-0.4, -0.2) is 4.98 Å². The van der Waals surface area contributed by atoms with E-state index in [4.69, 9.17) is 10.2 Å². The fourth-order valence-corrected chi connectivity index (χ4v) is 2.57. The van der Waals surface area contributed by atoms with Crippen molar-refractivity contribution in [2.75, 3.05) is 0 Å².